The molecular formula is C21H26N2O5S. The van der Waals surface area contributed by atoms with Crippen LogP contribution in [0.5, 0.6) is 17.2 Å². The van der Waals surface area contributed by atoms with Crippen LogP contribution in [0, 0.1) is 6.92 Å². The van der Waals surface area contributed by atoms with Gasteiger partial charge in [-0.05, 0) is 57.9 Å². The molecule has 0 fully saturated rings. The second kappa shape index (κ2) is 8.73. The molecule has 0 amide bonds. The van der Waals surface area contributed by atoms with Gasteiger partial charge in [0.1, 0.15) is 0 Å². The number of hydrogen-bond donors (Lipinski definition) is 1. The van der Waals surface area contributed by atoms with Crippen LogP contribution in [-0.2, 0) is 10.0 Å². The molecule has 1 aliphatic heterocycles. The van der Waals surface area contributed by atoms with Gasteiger partial charge >= 0.3 is 0 Å². The summed E-state index contributed by atoms with van der Waals surface area (Å²) < 4.78 is 42.5. The fourth-order valence-electron chi connectivity index (χ4n) is 2.97. The molecule has 2 aromatic rings. The average Bonchev–Trinajstić information content (AvgIpc) is 2.89. The van der Waals surface area contributed by atoms with Crippen LogP contribution in [0.1, 0.15) is 37.8 Å². The van der Waals surface area contributed by atoms with E-state index >= 15 is 0 Å². The standard InChI is InChI=1S/C21H26N2O5S/c1-14(2)28-21-19(26-4)12-11-17-18(6-5-13-27-20(17)21)22-23-29(24,25)16-9-7-15(3)8-10-16/h7-12,14,23H,5-6,13H2,1-4H3/b22-18+. The number of benzene rings is 2. The van der Waals surface area contributed by atoms with Gasteiger partial charge in [0.25, 0.3) is 10.0 Å². The molecule has 1 aliphatic rings. The lowest BCUT2D eigenvalue weighted by Crippen LogP contribution is -2.20. The van der Waals surface area contributed by atoms with Crippen LogP contribution >= 0.6 is 0 Å². The molecule has 7 nitrogen and oxygen atoms in total. The lowest BCUT2D eigenvalue weighted by atomic mass is 10.0. The minimum atomic E-state index is -3.77. The Bertz CT molecular complexity index is 998. The molecule has 0 saturated carbocycles. The topological polar surface area (TPSA) is 86.2 Å². The van der Waals surface area contributed by atoms with Gasteiger partial charge in [-0.25, -0.2) is 0 Å². The molecule has 0 spiro atoms. The van der Waals surface area contributed by atoms with E-state index in [1.54, 1.807) is 37.4 Å². The number of hydrogen-bond acceptors (Lipinski definition) is 6. The molecule has 8 heteroatoms. The maximum Gasteiger partial charge on any atom is 0.276 e. The summed E-state index contributed by atoms with van der Waals surface area (Å²) in [7, 11) is -2.20. The number of rotatable bonds is 6. The second-order valence-corrected chi connectivity index (χ2v) is 8.72. The fourth-order valence-corrected chi connectivity index (χ4v) is 3.80. The molecule has 3 rings (SSSR count). The van der Waals surface area contributed by atoms with Crippen LogP contribution in [0.2, 0.25) is 0 Å². The molecule has 1 heterocycles. The summed E-state index contributed by atoms with van der Waals surface area (Å²) in [6, 6.07) is 10.2. The van der Waals surface area contributed by atoms with E-state index < -0.39 is 10.0 Å². The van der Waals surface area contributed by atoms with Gasteiger partial charge < -0.3 is 14.2 Å². The minimum absolute atomic E-state index is 0.0809. The number of ether oxygens (including phenoxy) is 3. The lowest BCUT2D eigenvalue weighted by molar-refractivity contribution is 0.210. The molecule has 2 aromatic carbocycles. The van der Waals surface area contributed by atoms with E-state index in [-0.39, 0.29) is 11.0 Å². The first-order chi connectivity index (χ1) is 13.8. The van der Waals surface area contributed by atoms with Gasteiger partial charge in [-0.15, -0.1) is 0 Å². The molecule has 1 N–H and O–H groups in total. The minimum Gasteiger partial charge on any atom is -0.493 e. The van der Waals surface area contributed by atoms with E-state index in [1.165, 1.54) is 0 Å². The third kappa shape index (κ3) is 4.82. The Hall–Kier alpha value is -2.74. The normalized spacial score (nSPS) is 15.4. The van der Waals surface area contributed by atoms with Crippen molar-refractivity contribution < 1.29 is 22.6 Å². The highest BCUT2D eigenvalue weighted by molar-refractivity contribution is 7.89. The van der Waals surface area contributed by atoms with Gasteiger partial charge in [0, 0.05) is 5.56 Å². The van der Waals surface area contributed by atoms with Gasteiger partial charge in [-0.2, -0.15) is 18.4 Å². The van der Waals surface area contributed by atoms with Crippen molar-refractivity contribution in [3.05, 3.63) is 47.5 Å². The molecule has 0 atom stereocenters. The number of nitrogens with one attached hydrogen (secondary N) is 1. The predicted molar refractivity (Wildman–Crippen MR) is 112 cm³/mol. The molecule has 156 valence electrons. The van der Waals surface area contributed by atoms with Crippen LogP contribution in [-0.4, -0.2) is 34.0 Å². The van der Waals surface area contributed by atoms with Crippen LogP contribution < -0.4 is 19.0 Å². The molecule has 0 bridgehead atoms. The highest BCUT2D eigenvalue weighted by Crippen LogP contribution is 2.42. The highest BCUT2D eigenvalue weighted by Gasteiger charge is 2.24. The Morgan fingerprint density at radius 2 is 1.86 bits per heavy atom. The van der Waals surface area contributed by atoms with Gasteiger partial charge in [-0.1, -0.05) is 17.7 Å². The smallest absolute Gasteiger partial charge is 0.276 e. The Morgan fingerprint density at radius 3 is 2.52 bits per heavy atom. The van der Waals surface area contributed by atoms with Crippen molar-refractivity contribution in [3.63, 3.8) is 0 Å². The molecule has 0 radical (unpaired) electrons. The monoisotopic (exact) mass is 418 g/mol. The molecule has 0 unspecified atom stereocenters. The summed E-state index contributed by atoms with van der Waals surface area (Å²) in [5, 5.41) is 4.23. The SMILES string of the molecule is COc1ccc2c(c1OC(C)C)OCCC/C2=N\NS(=O)(=O)c1ccc(C)cc1. The zero-order valence-corrected chi connectivity index (χ0v) is 17.9. The van der Waals surface area contributed by atoms with Gasteiger partial charge in [0.15, 0.2) is 11.5 Å². The summed E-state index contributed by atoms with van der Waals surface area (Å²) in [4.78, 5) is 2.52. The van der Waals surface area contributed by atoms with Crippen molar-refractivity contribution in [2.24, 2.45) is 5.10 Å². The first kappa shape index (κ1) is 21.0. The van der Waals surface area contributed by atoms with Crippen molar-refractivity contribution in [1.29, 1.82) is 0 Å². The van der Waals surface area contributed by atoms with E-state index in [0.29, 0.717) is 48.0 Å². The third-order valence-corrected chi connectivity index (χ3v) is 5.62. The number of fused-ring (bicyclic) bond motifs is 1. The number of aryl methyl sites for hydroxylation is 1. The van der Waals surface area contributed by atoms with Crippen molar-refractivity contribution >= 4 is 15.7 Å². The van der Waals surface area contributed by atoms with E-state index in [1.807, 2.05) is 26.8 Å². The largest absolute Gasteiger partial charge is 0.493 e. The first-order valence-corrected chi connectivity index (χ1v) is 11.0. The van der Waals surface area contributed by atoms with Crippen molar-refractivity contribution in [2.45, 2.75) is 44.6 Å². The maximum absolute atomic E-state index is 12.6. The van der Waals surface area contributed by atoms with Gasteiger partial charge in [0.05, 0.1) is 30.4 Å². The number of nitrogens with zero attached hydrogens (tertiary/aromatic N) is 1. The summed E-state index contributed by atoms with van der Waals surface area (Å²) in [6.07, 6.45) is 1.18. The predicted octanol–water partition coefficient (Wildman–Crippen LogP) is 3.65. The number of methoxy groups -OCH3 is 1. The van der Waals surface area contributed by atoms with Crippen LogP contribution in [0.3, 0.4) is 0 Å². The lowest BCUT2D eigenvalue weighted by Gasteiger charge is -2.19. The Morgan fingerprint density at radius 1 is 1.14 bits per heavy atom. The fraction of sp³-hybridized carbons (Fsp3) is 0.381. The zero-order valence-electron chi connectivity index (χ0n) is 17.1. The first-order valence-electron chi connectivity index (χ1n) is 9.47. The Kier molecular flexibility index (Phi) is 6.32. The zero-order chi connectivity index (χ0) is 21.0. The van der Waals surface area contributed by atoms with Gasteiger partial charge in [0.2, 0.25) is 5.75 Å². The van der Waals surface area contributed by atoms with Crippen molar-refractivity contribution in [1.82, 2.24) is 4.83 Å². The van der Waals surface area contributed by atoms with Crippen LogP contribution in [0.15, 0.2) is 46.4 Å². The maximum atomic E-state index is 12.6. The summed E-state index contributed by atoms with van der Waals surface area (Å²) in [6.45, 7) is 6.20. The molecule has 29 heavy (non-hydrogen) atoms. The molecule has 0 aromatic heterocycles. The quantitative estimate of drug-likeness (QED) is 0.724. The molecule has 0 aliphatic carbocycles. The average molecular weight is 419 g/mol. The highest BCUT2D eigenvalue weighted by atomic mass is 32.2. The van der Waals surface area contributed by atoms with E-state index in [4.69, 9.17) is 14.2 Å². The number of sulfonamides is 1. The molecular weight excluding hydrogens is 392 g/mol. The van der Waals surface area contributed by atoms with E-state index in [0.717, 1.165) is 5.56 Å². The summed E-state index contributed by atoms with van der Waals surface area (Å²) >= 11 is 0. The third-order valence-electron chi connectivity index (χ3n) is 4.40. The molecule has 0 saturated heterocycles. The second-order valence-electron chi connectivity index (χ2n) is 7.06. The summed E-state index contributed by atoms with van der Waals surface area (Å²) in [5.41, 5.74) is 2.26. The Balaban J connectivity index is 1.98. The van der Waals surface area contributed by atoms with Gasteiger partial charge in [-0.3, -0.25) is 0 Å². The van der Waals surface area contributed by atoms with Crippen LogP contribution in [0.4, 0.5) is 0 Å². The van der Waals surface area contributed by atoms with E-state index in [9.17, 15) is 8.42 Å². The van der Waals surface area contributed by atoms with Crippen molar-refractivity contribution in [3.8, 4) is 17.2 Å². The number of hydrazone groups is 1. The summed E-state index contributed by atoms with van der Waals surface area (Å²) in [5.74, 6) is 1.57. The van der Waals surface area contributed by atoms with Crippen LogP contribution in [0.25, 0.3) is 0 Å². The van der Waals surface area contributed by atoms with E-state index in [2.05, 4.69) is 9.93 Å². The van der Waals surface area contributed by atoms with Crippen molar-refractivity contribution in [2.75, 3.05) is 13.7 Å². The Labute approximate surface area is 171 Å².